The van der Waals surface area contributed by atoms with Crippen molar-refractivity contribution in [2.24, 2.45) is 5.92 Å². The normalized spacial score (nSPS) is 19.8. The third-order valence-electron chi connectivity index (χ3n) is 3.69. The first kappa shape index (κ1) is 15.7. The van der Waals surface area contributed by atoms with Gasteiger partial charge in [-0.05, 0) is 31.2 Å². The molecule has 0 bridgehead atoms. The molecule has 21 heavy (non-hydrogen) atoms. The Labute approximate surface area is 125 Å². The summed E-state index contributed by atoms with van der Waals surface area (Å²) in [7, 11) is 0. The number of anilines is 1. The lowest BCUT2D eigenvalue weighted by Gasteiger charge is -2.26. The van der Waals surface area contributed by atoms with Crippen LogP contribution in [0.25, 0.3) is 0 Å². The van der Waals surface area contributed by atoms with Gasteiger partial charge in [0.15, 0.2) is 0 Å². The van der Waals surface area contributed by atoms with E-state index in [1.54, 1.807) is 18.5 Å². The Morgan fingerprint density at radius 3 is 2.81 bits per heavy atom. The van der Waals surface area contributed by atoms with Crippen LogP contribution >= 0.6 is 0 Å². The number of nitrogens with one attached hydrogen (secondary N) is 1. The molecule has 2 N–H and O–H groups in total. The van der Waals surface area contributed by atoms with E-state index in [-0.39, 0.29) is 24.6 Å². The van der Waals surface area contributed by atoms with Crippen LogP contribution < -0.4 is 10.2 Å². The molecule has 6 heteroatoms. The number of aliphatic hydroxyl groups excluding tert-OH is 1. The minimum absolute atomic E-state index is 0.0293. The average molecular weight is 292 g/mol. The highest BCUT2D eigenvalue weighted by molar-refractivity contribution is 5.85. The van der Waals surface area contributed by atoms with Gasteiger partial charge in [-0.2, -0.15) is 0 Å². The van der Waals surface area contributed by atoms with Gasteiger partial charge in [0.05, 0.1) is 12.6 Å². The van der Waals surface area contributed by atoms with Gasteiger partial charge < -0.3 is 15.3 Å². The number of hydrogen-bond donors (Lipinski definition) is 2. The fourth-order valence-corrected chi connectivity index (χ4v) is 2.76. The van der Waals surface area contributed by atoms with Crippen molar-refractivity contribution in [1.82, 2.24) is 15.3 Å². The van der Waals surface area contributed by atoms with E-state index in [1.165, 1.54) is 0 Å². The van der Waals surface area contributed by atoms with Crippen LogP contribution in [-0.2, 0) is 4.79 Å². The third kappa shape index (κ3) is 4.14. The van der Waals surface area contributed by atoms with E-state index >= 15 is 0 Å². The molecule has 2 unspecified atom stereocenters. The van der Waals surface area contributed by atoms with Gasteiger partial charge in [-0.15, -0.1) is 0 Å². The zero-order valence-electron chi connectivity index (χ0n) is 12.7. The fraction of sp³-hybridized carbons (Fsp3) is 0.667. The summed E-state index contributed by atoms with van der Waals surface area (Å²) < 4.78 is 0. The highest BCUT2D eigenvalue weighted by Crippen LogP contribution is 2.22. The second-order valence-corrected chi connectivity index (χ2v) is 5.92. The predicted molar refractivity (Wildman–Crippen MR) is 80.9 cm³/mol. The van der Waals surface area contributed by atoms with Crippen LogP contribution in [-0.4, -0.2) is 46.2 Å². The summed E-state index contributed by atoms with van der Waals surface area (Å²) in [5.41, 5.74) is 0. The minimum Gasteiger partial charge on any atom is -0.394 e. The largest absolute Gasteiger partial charge is 0.394 e. The lowest BCUT2D eigenvalue weighted by atomic mass is 10.0. The van der Waals surface area contributed by atoms with E-state index in [2.05, 4.69) is 29.1 Å². The second-order valence-electron chi connectivity index (χ2n) is 5.92. The summed E-state index contributed by atoms with van der Waals surface area (Å²) in [6.45, 7) is 4.91. The summed E-state index contributed by atoms with van der Waals surface area (Å²) in [6.07, 6.45) is 5.89. The molecule has 1 aliphatic heterocycles. The topological polar surface area (TPSA) is 78.4 Å². The van der Waals surface area contributed by atoms with E-state index in [1.807, 2.05) is 4.90 Å². The van der Waals surface area contributed by atoms with Gasteiger partial charge in [0.25, 0.3) is 0 Å². The van der Waals surface area contributed by atoms with Crippen molar-refractivity contribution in [1.29, 1.82) is 0 Å². The molecule has 0 radical (unpaired) electrons. The Balaban J connectivity index is 2.00. The van der Waals surface area contributed by atoms with E-state index < -0.39 is 0 Å². The number of nitrogens with zero attached hydrogens (tertiary/aromatic N) is 3. The summed E-state index contributed by atoms with van der Waals surface area (Å²) in [4.78, 5) is 22.9. The lowest BCUT2D eigenvalue weighted by Crippen LogP contribution is -2.48. The molecule has 2 heterocycles. The molecule has 0 aromatic carbocycles. The zero-order valence-corrected chi connectivity index (χ0v) is 12.7. The van der Waals surface area contributed by atoms with Crippen molar-refractivity contribution in [2.75, 3.05) is 18.1 Å². The van der Waals surface area contributed by atoms with Crippen molar-refractivity contribution >= 4 is 11.9 Å². The molecule has 0 saturated carbocycles. The third-order valence-corrected chi connectivity index (χ3v) is 3.69. The van der Waals surface area contributed by atoms with Crippen molar-refractivity contribution in [3.05, 3.63) is 18.5 Å². The second kappa shape index (κ2) is 7.36. The van der Waals surface area contributed by atoms with Crippen LogP contribution in [0.15, 0.2) is 18.5 Å². The van der Waals surface area contributed by atoms with Gasteiger partial charge in [0.1, 0.15) is 6.04 Å². The molecule has 116 valence electrons. The Morgan fingerprint density at radius 1 is 1.48 bits per heavy atom. The number of hydrogen-bond acceptors (Lipinski definition) is 5. The van der Waals surface area contributed by atoms with Crippen molar-refractivity contribution in [3.63, 3.8) is 0 Å². The highest BCUT2D eigenvalue weighted by Gasteiger charge is 2.33. The van der Waals surface area contributed by atoms with Gasteiger partial charge >= 0.3 is 0 Å². The molecule has 1 amide bonds. The molecule has 1 aliphatic rings. The lowest BCUT2D eigenvalue weighted by molar-refractivity contribution is -0.123. The number of amides is 1. The number of aliphatic hydroxyl groups is 1. The molecule has 1 aromatic heterocycles. The van der Waals surface area contributed by atoms with Crippen molar-refractivity contribution in [3.8, 4) is 0 Å². The van der Waals surface area contributed by atoms with Crippen LogP contribution in [0, 0.1) is 5.92 Å². The predicted octanol–water partition coefficient (Wildman–Crippen LogP) is 0.969. The van der Waals surface area contributed by atoms with Gasteiger partial charge in [0.2, 0.25) is 11.9 Å². The van der Waals surface area contributed by atoms with E-state index in [9.17, 15) is 9.90 Å². The minimum atomic E-state index is -0.242. The quantitative estimate of drug-likeness (QED) is 0.817. The molecule has 2 rings (SSSR count). The van der Waals surface area contributed by atoms with Gasteiger partial charge in [-0.3, -0.25) is 4.79 Å². The first-order valence-electron chi connectivity index (χ1n) is 7.56. The van der Waals surface area contributed by atoms with Gasteiger partial charge in [-0.25, -0.2) is 9.97 Å². The Hall–Kier alpha value is -1.69. The summed E-state index contributed by atoms with van der Waals surface area (Å²) in [5.74, 6) is 0.985. The van der Waals surface area contributed by atoms with Crippen LogP contribution in [0.2, 0.25) is 0 Å². The molecule has 0 aliphatic carbocycles. The molecule has 1 saturated heterocycles. The number of carbonyl (C=O) groups is 1. The van der Waals surface area contributed by atoms with Crippen LogP contribution in [0.5, 0.6) is 0 Å². The van der Waals surface area contributed by atoms with E-state index in [0.717, 1.165) is 25.8 Å². The summed E-state index contributed by atoms with van der Waals surface area (Å²) >= 11 is 0. The zero-order chi connectivity index (χ0) is 15.2. The standard InChI is InChI=1S/C15H24N4O2/c1-11(2)9-12(10-20)18-14(21)13-5-3-8-19(13)15-16-6-4-7-17-15/h4,6-7,11-13,20H,3,5,8-10H2,1-2H3,(H,18,21). The molecular formula is C15H24N4O2. The SMILES string of the molecule is CC(C)CC(CO)NC(=O)C1CCCN1c1ncccn1. The molecule has 2 atom stereocenters. The number of aromatic nitrogens is 2. The smallest absolute Gasteiger partial charge is 0.243 e. The maximum atomic E-state index is 12.5. The fourth-order valence-electron chi connectivity index (χ4n) is 2.76. The van der Waals surface area contributed by atoms with Crippen LogP contribution in [0.4, 0.5) is 5.95 Å². The van der Waals surface area contributed by atoms with Gasteiger partial charge in [-0.1, -0.05) is 13.8 Å². The molecule has 1 fully saturated rings. The molecular weight excluding hydrogens is 268 g/mol. The maximum absolute atomic E-state index is 12.5. The molecule has 6 nitrogen and oxygen atoms in total. The monoisotopic (exact) mass is 292 g/mol. The van der Waals surface area contributed by atoms with Crippen molar-refractivity contribution in [2.45, 2.75) is 45.2 Å². The van der Waals surface area contributed by atoms with Gasteiger partial charge in [0, 0.05) is 18.9 Å². The highest BCUT2D eigenvalue weighted by atomic mass is 16.3. The molecule has 1 aromatic rings. The van der Waals surface area contributed by atoms with Crippen LogP contribution in [0.3, 0.4) is 0 Å². The van der Waals surface area contributed by atoms with E-state index in [0.29, 0.717) is 11.9 Å². The Morgan fingerprint density at radius 2 is 2.19 bits per heavy atom. The van der Waals surface area contributed by atoms with Crippen molar-refractivity contribution < 1.29 is 9.90 Å². The summed E-state index contributed by atoms with van der Waals surface area (Å²) in [6, 6.07) is 1.34. The van der Waals surface area contributed by atoms with Crippen LogP contribution in [0.1, 0.15) is 33.1 Å². The first-order chi connectivity index (χ1) is 10.1. The average Bonchev–Trinajstić information content (AvgIpc) is 2.96. The first-order valence-corrected chi connectivity index (χ1v) is 7.56. The summed E-state index contributed by atoms with van der Waals surface area (Å²) in [5, 5.41) is 12.4. The Bertz CT molecular complexity index is 452. The molecule has 0 spiro atoms. The number of rotatable bonds is 6. The maximum Gasteiger partial charge on any atom is 0.243 e. The Kier molecular flexibility index (Phi) is 5.50. The van der Waals surface area contributed by atoms with E-state index in [4.69, 9.17) is 0 Å². The number of carbonyl (C=O) groups excluding carboxylic acids is 1.